The van der Waals surface area contributed by atoms with Crippen molar-refractivity contribution in [1.82, 2.24) is 5.32 Å². The lowest BCUT2D eigenvalue weighted by molar-refractivity contribution is -0.106. The summed E-state index contributed by atoms with van der Waals surface area (Å²) in [5, 5.41) is 3.12. The van der Waals surface area contributed by atoms with Crippen molar-refractivity contribution >= 4 is 15.5 Å². The Kier molecular flexibility index (Phi) is 26.9. The van der Waals surface area contributed by atoms with Crippen molar-refractivity contribution in [2.24, 2.45) is 0 Å². The van der Waals surface area contributed by atoms with Crippen molar-refractivity contribution < 1.29 is 6.17 Å². The summed E-state index contributed by atoms with van der Waals surface area (Å²) in [6.07, 6.45) is 1.87. The topological polar surface area (TPSA) is 29.1 Å². The van der Waals surface area contributed by atoms with E-state index in [-0.39, 0.29) is 0 Å². The van der Waals surface area contributed by atoms with Crippen LogP contribution in [0.3, 0.4) is 0 Å². The Labute approximate surface area is 111 Å². The number of hydrogen-bond acceptors (Lipinski definition) is 2. The maximum Gasteiger partial charge on any atom is 0.116 e. The second kappa shape index (κ2) is 24.5. The van der Waals surface area contributed by atoms with E-state index in [4.69, 9.17) is 6.17 Å². The minimum Gasteiger partial charge on any atom is -0.319 e. The zero-order valence-corrected chi connectivity index (χ0v) is 12.7. The predicted molar refractivity (Wildman–Crippen MR) is 82.8 cm³/mol. The molecule has 1 aromatic carbocycles. The summed E-state index contributed by atoms with van der Waals surface area (Å²) in [5.74, 6) is 0. The SMILES string of the molecule is CC.CC=O.CNCCc1ccccc1.[3H]CP. The van der Waals surface area contributed by atoms with Gasteiger partial charge in [0.2, 0.25) is 0 Å². The summed E-state index contributed by atoms with van der Waals surface area (Å²) < 4.78 is 6.17. The molecule has 1 N–H and O–H groups in total. The van der Waals surface area contributed by atoms with Gasteiger partial charge in [-0.2, -0.15) is 0 Å². The number of carbonyl (C=O) groups is 1. The molecule has 0 aliphatic rings. The normalized spacial score (nSPS) is 7.94. The number of nitrogens with one attached hydrogen (secondary N) is 1. The maximum absolute atomic E-state index is 8.81. The number of rotatable bonds is 3. The van der Waals surface area contributed by atoms with Crippen LogP contribution in [-0.2, 0) is 11.2 Å². The molecule has 3 heteroatoms. The molecule has 1 aromatic rings. The predicted octanol–water partition coefficient (Wildman–Crippen LogP) is 3.17. The minimum absolute atomic E-state index is 0.417. The quantitative estimate of drug-likeness (QED) is 0.667. The molecule has 0 bridgehead atoms. The highest BCUT2D eigenvalue weighted by Gasteiger charge is 1.86. The molecule has 2 nitrogen and oxygen atoms in total. The summed E-state index contributed by atoms with van der Waals surface area (Å²) in [6, 6.07) is 10.5. The molecule has 0 heterocycles. The Bertz CT molecular complexity index is 232. The van der Waals surface area contributed by atoms with Crippen LogP contribution in [0, 0.1) is 0 Å². The highest BCUT2D eigenvalue weighted by molar-refractivity contribution is 7.15. The van der Waals surface area contributed by atoms with Gasteiger partial charge in [0, 0.05) is 1.37 Å². The number of likely N-dealkylation sites (N-methyl/N-ethyl adjacent to an activating group) is 1. The molecule has 1 rings (SSSR count). The molecule has 100 valence electrons. The van der Waals surface area contributed by atoms with Gasteiger partial charge in [0.25, 0.3) is 0 Å². The van der Waals surface area contributed by atoms with Crippen LogP contribution in [0.4, 0.5) is 0 Å². The van der Waals surface area contributed by atoms with Crippen LogP contribution < -0.4 is 5.32 Å². The smallest absolute Gasteiger partial charge is 0.116 e. The fourth-order valence-electron chi connectivity index (χ4n) is 0.914. The molecule has 0 fully saturated rings. The molecule has 0 amide bonds. The Balaban J connectivity index is -0.000000237. The monoisotopic (exact) mass is 259 g/mol. The molecular formula is C14H28NOP. The molecule has 0 saturated carbocycles. The fraction of sp³-hybridized carbons (Fsp3) is 0.500. The van der Waals surface area contributed by atoms with E-state index < -0.39 is 0 Å². The second-order valence-corrected chi connectivity index (χ2v) is 2.57. The number of carbonyl (C=O) groups excluding carboxylic acids is 1. The van der Waals surface area contributed by atoms with Crippen molar-refractivity contribution in [3.05, 3.63) is 35.9 Å². The largest absolute Gasteiger partial charge is 0.319 e. The summed E-state index contributed by atoms with van der Waals surface area (Å²) >= 11 is 0. The van der Waals surface area contributed by atoms with Gasteiger partial charge >= 0.3 is 0 Å². The second-order valence-electron chi connectivity index (χ2n) is 2.57. The summed E-state index contributed by atoms with van der Waals surface area (Å²) in [4.78, 5) is 8.81. The first kappa shape index (κ1) is 18.6. The van der Waals surface area contributed by atoms with Crippen LogP contribution in [0.25, 0.3) is 0 Å². The molecule has 1 atom stereocenters. The molecule has 0 aliphatic heterocycles. The first-order valence-electron chi connectivity index (χ1n) is 6.55. The van der Waals surface area contributed by atoms with Crippen LogP contribution in [0.5, 0.6) is 0 Å². The zero-order valence-electron chi connectivity index (χ0n) is 12.6. The van der Waals surface area contributed by atoms with Crippen molar-refractivity contribution in [1.29, 1.82) is 0 Å². The summed E-state index contributed by atoms with van der Waals surface area (Å²) in [6.45, 7) is 6.92. The van der Waals surface area contributed by atoms with Crippen molar-refractivity contribution in [2.45, 2.75) is 27.2 Å². The van der Waals surface area contributed by atoms with Crippen LogP contribution in [0.2, 0.25) is 0 Å². The first-order chi connectivity index (χ1) is 8.76. The van der Waals surface area contributed by atoms with E-state index in [2.05, 4.69) is 38.8 Å². The lowest BCUT2D eigenvalue weighted by Crippen LogP contribution is -2.09. The minimum atomic E-state index is 0.417. The average Bonchev–Trinajstić information content (AvgIpc) is 2.42. The zero-order chi connectivity index (χ0) is 14.6. The molecule has 17 heavy (non-hydrogen) atoms. The molecule has 0 aromatic heterocycles. The van der Waals surface area contributed by atoms with Gasteiger partial charge in [-0.1, -0.05) is 50.8 Å². The lowest BCUT2D eigenvalue weighted by atomic mass is 10.2. The number of hydrogen-bond donors (Lipinski definition) is 1. The van der Waals surface area contributed by atoms with Crippen LogP contribution in [0.1, 0.15) is 27.7 Å². The van der Waals surface area contributed by atoms with Crippen molar-refractivity contribution in [2.75, 3.05) is 20.2 Å². The van der Waals surface area contributed by atoms with Crippen molar-refractivity contribution in [3.63, 3.8) is 0 Å². The van der Waals surface area contributed by atoms with Gasteiger partial charge in [0.1, 0.15) is 6.29 Å². The van der Waals surface area contributed by atoms with Crippen molar-refractivity contribution in [3.8, 4) is 0 Å². The third kappa shape index (κ3) is 21.2. The van der Waals surface area contributed by atoms with Crippen LogP contribution in [-0.4, -0.2) is 26.5 Å². The van der Waals surface area contributed by atoms with Gasteiger partial charge in [-0.25, -0.2) is 0 Å². The van der Waals surface area contributed by atoms with Crippen LogP contribution in [0.15, 0.2) is 30.3 Å². The van der Waals surface area contributed by atoms with Gasteiger partial charge in [0.05, 0.1) is 0 Å². The molecule has 0 spiro atoms. The van der Waals surface area contributed by atoms with Gasteiger partial charge in [0.15, 0.2) is 0 Å². The van der Waals surface area contributed by atoms with Crippen LogP contribution >= 0.6 is 9.24 Å². The maximum atomic E-state index is 8.81. The third-order valence-corrected chi connectivity index (χ3v) is 1.51. The number of benzene rings is 1. The standard InChI is InChI=1S/C9H13N.C2H4O.C2H6.CH5P/c1-10-8-7-9-5-3-2-4-6-9;1-2-3;2*1-2/h2-6,10H,7-8H2,1H3;2H,1H3;1-2H3;2H2,1H3/i;;;1T. The molecular weight excluding hydrogens is 229 g/mol. The highest BCUT2D eigenvalue weighted by atomic mass is 31.0. The van der Waals surface area contributed by atoms with E-state index in [1.165, 1.54) is 12.5 Å². The van der Waals surface area contributed by atoms with E-state index in [1.54, 1.807) is 0 Å². The summed E-state index contributed by atoms with van der Waals surface area (Å²) in [5.41, 5.74) is 1.40. The highest BCUT2D eigenvalue weighted by Crippen LogP contribution is 1.97. The third-order valence-electron chi connectivity index (χ3n) is 1.51. The van der Waals surface area contributed by atoms with Gasteiger partial charge in [-0.05, 0) is 32.5 Å². The van der Waals surface area contributed by atoms with E-state index in [0.717, 1.165) is 19.3 Å². The van der Waals surface area contributed by atoms with Gasteiger partial charge in [-0.3, -0.25) is 0 Å². The van der Waals surface area contributed by atoms with Gasteiger partial charge in [-0.15, -0.1) is 9.24 Å². The molecule has 1 unspecified atom stereocenters. The Morgan fingerprint density at radius 1 is 1.35 bits per heavy atom. The Morgan fingerprint density at radius 3 is 2.12 bits per heavy atom. The first-order valence-corrected chi connectivity index (χ1v) is 6.66. The lowest BCUT2D eigenvalue weighted by Gasteiger charge is -1.97. The average molecular weight is 259 g/mol. The van der Waals surface area contributed by atoms with E-state index in [1.807, 2.05) is 27.0 Å². The molecule has 0 saturated heterocycles. The Hall–Kier alpha value is -0.720. The number of aldehydes is 1. The van der Waals surface area contributed by atoms with E-state index >= 15 is 0 Å². The molecule has 0 radical (unpaired) electrons. The molecule has 0 aliphatic carbocycles. The summed E-state index contributed by atoms with van der Waals surface area (Å²) in [7, 11) is 4.22. The van der Waals surface area contributed by atoms with Gasteiger partial charge < -0.3 is 10.1 Å². The van der Waals surface area contributed by atoms with E-state index in [0.29, 0.717) is 6.64 Å². The fourth-order valence-corrected chi connectivity index (χ4v) is 0.914. The Morgan fingerprint density at radius 2 is 1.76 bits per heavy atom. The van der Waals surface area contributed by atoms with E-state index in [9.17, 15) is 0 Å².